The van der Waals surface area contributed by atoms with E-state index in [1.165, 1.54) is 12.1 Å². The van der Waals surface area contributed by atoms with Crippen LogP contribution in [0.4, 0.5) is 13.2 Å². The smallest absolute Gasteiger partial charge is 0.352 e. The SMILES string of the molecule is CCCCCCNC(=O)c1ccc(C2=CC(c3ccc(Cl)c(Cl)c3)(C(F)(F)F)ON2)cc1. The van der Waals surface area contributed by atoms with Gasteiger partial charge in [-0.15, -0.1) is 0 Å². The predicted octanol–water partition coefficient (Wildman–Crippen LogP) is 6.64. The van der Waals surface area contributed by atoms with Gasteiger partial charge in [-0.1, -0.05) is 67.6 Å². The minimum absolute atomic E-state index is 0.0108. The zero-order valence-electron chi connectivity index (χ0n) is 17.4. The molecule has 0 radical (unpaired) electrons. The van der Waals surface area contributed by atoms with Crippen molar-refractivity contribution >= 4 is 34.8 Å². The van der Waals surface area contributed by atoms with Gasteiger partial charge in [0.05, 0.1) is 15.7 Å². The van der Waals surface area contributed by atoms with Gasteiger partial charge in [0.25, 0.3) is 5.91 Å². The second-order valence-corrected chi connectivity index (χ2v) is 8.33. The number of hydrogen-bond acceptors (Lipinski definition) is 3. The van der Waals surface area contributed by atoms with E-state index in [1.54, 1.807) is 24.3 Å². The number of rotatable bonds is 8. The van der Waals surface area contributed by atoms with E-state index in [2.05, 4.69) is 17.7 Å². The van der Waals surface area contributed by atoms with Gasteiger partial charge in [0, 0.05) is 17.7 Å². The summed E-state index contributed by atoms with van der Waals surface area (Å²) in [7, 11) is 0. The van der Waals surface area contributed by atoms with E-state index in [0.717, 1.165) is 37.8 Å². The Bertz CT molecular complexity index is 994. The van der Waals surface area contributed by atoms with Gasteiger partial charge in [-0.05, 0) is 42.3 Å². The molecule has 0 saturated carbocycles. The number of amides is 1. The van der Waals surface area contributed by atoms with Crippen molar-refractivity contribution in [1.82, 2.24) is 10.8 Å². The summed E-state index contributed by atoms with van der Waals surface area (Å²) >= 11 is 11.8. The minimum Gasteiger partial charge on any atom is -0.352 e. The fraction of sp³-hybridized carbons (Fsp3) is 0.348. The molecule has 1 aliphatic rings. The highest BCUT2D eigenvalue weighted by Gasteiger charge is 2.59. The molecule has 2 N–H and O–H groups in total. The Labute approximate surface area is 194 Å². The molecular formula is C23H23Cl2F3N2O2. The number of unbranched alkanes of at least 4 members (excludes halogenated alkanes) is 3. The van der Waals surface area contributed by atoms with Crippen molar-refractivity contribution in [2.45, 2.75) is 44.4 Å². The first-order valence-electron chi connectivity index (χ1n) is 10.3. The van der Waals surface area contributed by atoms with Crippen molar-refractivity contribution in [3.05, 3.63) is 75.3 Å². The van der Waals surface area contributed by atoms with Crippen molar-refractivity contribution in [2.24, 2.45) is 0 Å². The van der Waals surface area contributed by atoms with Crippen molar-refractivity contribution in [3.8, 4) is 0 Å². The Balaban J connectivity index is 1.79. The lowest BCUT2D eigenvalue weighted by atomic mass is 9.91. The second-order valence-electron chi connectivity index (χ2n) is 7.52. The van der Waals surface area contributed by atoms with E-state index >= 15 is 0 Å². The van der Waals surface area contributed by atoms with E-state index in [0.29, 0.717) is 17.7 Å². The largest absolute Gasteiger partial charge is 0.428 e. The number of halogens is 5. The van der Waals surface area contributed by atoms with Crippen molar-refractivity contribution < 1.29 is 22.8 Å². The molecule has 4 nitrogen and oxygen atoms in total. The quantitative estimate of drug-likeness (QED) is 0.411. The lowest BCUT2D eigenvalue weighted by Gasteiger charge is -2.28. The molecule has 172 valence electrons. The molecule has 1 unspecified atom stereocenters. The molecule has 1 amide bonds. The van der Waals surface area contributed by atoms with E-state index in [-0.39, 0.29) is 27.2 Å². The maximum Gasteiger partial charge on any atom is 0.428 e. The maximum atomic E-state index is 14.1. The minimum atomic E-state index is -4.77. The molecule has 32 heavy (non-hydrogen) atoms. The Morgan fingerprint density at radius 1 is 1.06 bits per heavy atom. The standard InChI is InChI=1S/C23H23Cl2F3N2O2/c1-2-3-4-5-12-29-21(31)16-8-6-15(7-9-16)20-14-22(32-30-20,23(26,27)28)17-10-11-18(24)19(25)13-17/h6-11,13-14,30H,2-5,12H2,1H3,(H,29,31). The van der Waals surface area contributed by atoms with Crippen LogP contribution in [0.2, 0.25) is 10.0 Å². The predicted molar refractivity (Wildman–Crippen MR) is 119 cm³/mol. The highest BCUT2D eigenvalue weighted by Crippen LogP contribution is 2.48. The summed E-state index contributed by atoms with van der Waals surface area (Å²) in [6.07, 6.45) is 0.376. The van der Waals surface area contributed by atoms with Gasteiger partial charge in [0.1, 0.15) is 0 Å². The number of carbonyl (C=O) groups excluding carboxylic acids is 1. The number of nitrogens with one attached hydrogen (secondary N) is 2. The average molecular weight is 487 g/mol. The molecule has 0 aromatic heterocycles. The van der Waals surface area contributed by atoms with Gasteiger partial charge in [0.15, 0.2) is 0 Å². The summed E-state index contributed by atoms with van der Waals surface area (Å²) in [5.74, 6) is -0.224. The Hall–Kier alpha value is -2.22. The topological polar surface area (TPSA) is 50.4 Å². The van der Waals surface area contributed by atoms with Crippen LogP contribution < -0.4 is 10.8 Å². The first kappa shape index (κ1) is 24.4. The number of benzene rings is 2. The van der Waals surface area contributed by atoms with Gasteiger partial charge in [-0.25, -0.2) is 0 Å². The Kier molecular flexibility index (Phi) is 7.75. The summed E-state index contributed by atoms with van der Waals surface area (Å²) in [6.45, 7) is 2.70. The third-order valence-corrected chi connectivity index (χ3v) is 5.95. The molecular weight excluding hydrogens is 464 g/mol. The molecule has 2 aromatic rings. The highest BCUT2D eigenvalue weighted by atomic mass is 35.5. The van der Waals surface area contributed by atoms with Crippen LogP contribution in [-0.4, -0.2) is 18.6 Å². The highest BCUT2D eigenvalue weighted by molar-refractivity contribution is 6.42. The van der Waals surface area contributed by atoms with Gasteiger partial charge >= 0.3 is 6.18 Å². The fourth-order valence-electron chi connectivity index (χ4n) is 3.37. The number of alkyl halides is 3. The molecule has 0 spiro atoms. The molecule has 1 heterocycles. The number of carbonyl (C=O) groups is 1. The van der Waals surface area contributed by atoms with Crippen LogP contribution in [0, 0.1) is 0 Å². The third-order valence-electron chi connectivity index (χ3n) is 5.21. The zero-order chi connectivity index (χ0) is 23.4. The van der Waals surface area contributed by atoms with Gasteiger partial charge < -0.3 is 5.32 Å². The first-order valence-corrected chi connectivity index (χ1v) is 11.0. The second kappa shape index (κ2) is 10.1. The van der Waals surface area contributed by atoms with Crippen LogP contribution in [0.3, 0.4) is 0 Å². The maximum absolute atomic E-state index is 14.1. The first-order chi connectivity index (χ1) is 15.2. The van der Waals surface area contributed by atoms with Gasteiger partial charge in [0.2, 0.25) is 5.60 Å². The van der Waals surface area contributed by atoms with E-state index < -0.39 is 11.8 Å². The van der Waals surface area contributed by atoms with Crippen LogP contribution >= 0.6 is 23.2 Å². The molecule has 0 aliphatic carbocycles. The normalized spacial score (nSPS) is 18.2. The lowest BCUT2D eigenvalue weighted by molar-refractivity contribution is -0.269. The monoisotopic (exact) mass is 486 g/mol. The molecule has 1 aliphatic heterocycles. The molecule has 2 aromatic carbocycles. The van der Waals surface area contributed by atoms with Crippen LogP contribution in [-0.2, 0) is 10.4 Å². The summed E-state index contributed by atoms with van der Waals surface area (Å²) in [5.41, 5.74) is 0.423. The van der Waals surface area contributed by atoms with Crippen LogP contribution in [0.1, 0.15) is 54.1 Å². The molecule has 0 fully saturated rings. The molecule has 0 saturated heterocycles. The van der Waals surface area contributed by atoms with Crippen molar-refractivity contribution in [3.63, 3.8) is 0 Å². The summed E-state index contributed by atoms with van der Waals surface area (Å²) < 4.78 is 42.2. The molecule has 3 rings (SSSR count). The van der Waals surface area contributed by atoms with E-state index in [1.807, 2.05) is 0 Å². The average Bonchev–Trinajstić information content (AvgIpc) is 3.22. The van der Waals surface area contributed by atoms with Gasteiger partial charge in [-0.2, -0.15) is 13.2 Å². The van der Waals surface area contributed by atoms with E-state index in [4.69, 9.17) is 28.0 Å². The zero-order valence-corrected chi connectivity index (χ0v) is 18.9. The fourth-order valence-corrected chi connectivity index (χ4v) is 3.67. The lowest BCUT2D eigenvalue weighted by Crippen LogP contribution is -2.42. The Morgan fingerprint density at radius 2 is 1.78 bits per heavy atom. The summed E-state index contributed by atoms with van der Waals surface area (Å²) in [5, 5.41) is 2.98. The molecule has 0 bridgehead atoms. The van der Waals surface area contributed by atoms with Crippen molar-refractivity contribution in [2.75, 3.05) is 6.54 Å². The summed E-state index contributed by atoms with van der Waals surface area (Å²) in [6, 6.07) is 9.89. The van der Waals surface area contributed by atoms with E-state index in [9.17, 15) is 18.0 Å². The third kappa shape index (κ3) is 5.22. The van der Waals surface area contributed by atoms with Crippen LogP contribution in [0.5, 0.6) is 0 Å². The Morgan fingerprint density at radius 3 is 2.41 bits per heavy atom. The van der Waals surface area contributed by atoms with Crippen LogP contribution in [0.15, 0.2) is 48.5 Å². The van der Waals surface area contributed by atoms with Crippen molar-refractivity contribution in [1.29, 1.82) is 0 Å². The van der Waals surface area contributed by atoms with Gasteiger partial charge in [-0.3, -0.25) is 15.1 Å². The number of hydroxylamine groups is 1. The molecule has 9 heteroatoms. The number of hydrogen-bond donors (Lipinski definition) is 2. The molecule has 1 atom stereocenters. The van der Waals surface area contributed by atoms with Crippen LogP contribution in [0.25, 0.3) is 5.70 Å². The summed E-state index contributed by atoms with van der Waals surface area (Å²) in [4.78, 5) is 17.3.